The fourth-order valence-electron chi connectivity index (χ4n) is 3.73. The van der Waals surface area contributed by atoms with E-state index in [1.54, 1.807) is 11.1 Å². The fraction of sp³-hybridized carbons (Fsp3) is 0.722. The van der Waals surface area contributed by atoms with E-state index in [-0.39, 0.29) is 30.4 Å². The van der Waals surface area contributed by atoms with Gasteiger partial charge in [-0.15, -0.1) is 0 Å². The van der Waals surface area contributed by atoms with Crippen LogP contribution in [0.4, 0.5) is 0 Å². The Morgan fingerprint density at radius 3 is 2.73 bits per heavy atom. The third-order valence-corrected chi connectivity index (χ3v) is 5.16. The van der Waals surface area contributed by atoms with Crippen LogP contribution in [0.25, 0.3) is 0 Å². The Balaban J connectivity index is 1.54. The molecule has 0 spiro atoms. The predicted molar refractivity (Wildman–Crippen MR) is 94.1 cm³/mol. The van der Waals surface area contributed by atoms with Gasteiger partial charge in [0.2, 0.25) is 5.91 Å². The minimum Gasteiger partial charge on any atom is -0.395 e. The zero-order chi connectivity index (χ0) is 18.5. The number of aromatic nitrogens is 2. The third kappa shape index (κ3) is 4.42. The van der Waals surface area contributed by atoms with E-state index in [2.05, 4.69) is 9.97 Å². The van der Waals surface area contributed by atoms with Gasteiger partial charge in [0.05, 0.1) is 25.0 Å². The van der Waals surface area contributed by atoms with Crippen molar-refractivity contribution in [3.63, 3.8) is 0 Å². The number of likely N-dealkylation sites (tertiary alicyclic amines) is 1. The highest BCUT2D eigenvalue weighted by Gasteiger charge is 2.34. The summed E-state index contributed by atoms with van der Waals surface area (Å²) < 4.78 is 5.48. The second-order valence-electron chi connectivity index (χ2n) is 7.08. The first kappa shape index (κ1) is 18.8. The summed E-state index contributed by atoms with van der Waals surface area (Å²) in [4.78, 5) is 36.1. The van der Waals surface area contributed by atoms with Crippen molar-refractivity contribution in [2.75, 3.05) is 32.8 Å². The third-order valence-electron chi connectivity index (χ3n) is 5.16. The van der Waals surface area contributed by atoms with Gasteiger partial charge in [-0.1, -0.05) is 0 Å². The molecule has 2 fully saturated rings. The van der Waals surface area contributed by atoms with E-state index in [0.29, 0.717) is 45.6 Å². The molecule has 144 valence electrons. The number of aryl methyl sites for hydroxylation is 1. The minimum atomic E-state index is -0.295. The number of piperidine rings is 1. The molecule has 3 rings (SSSR count). The van der Waals surface area contributed by atoms with Crippen molar-refractivity contribution in [1.29, 1.82) is 0 Å². The standard InChI is InChI=1S/C18H28N4O4/c1-13-19-11-15(20-13)12-22(8-9-23)17(24)14-4-6-21(7-5-14)18(25)16-3-2-10-26-16/h11,14,16,23H,2-10,12H2,1H3,(H,19,20). The average molecular weight is 364 g/mol. The summed E-state index contributed by atoms with van der Waals surface area (Å²) in [5.74, 6) is 0.792. The molecule has 2 aliphatic rings. The lowest BCUT2D eigenvalue weighted by molar-refractivity contribution is -0.146. The Hall–Kier alpha value is -1.93. The van der Waals surface area contributed by atoms with E-state index in [9.17, 15) is 14.7 Å². The van der Waals surface area contributed by atoms with Gasteiger partial charge in [-0.2, -0.15) is 0 Å². The van der Waals surface area contributed by atoms with E-state index < -0.39 is 0 Å². The molecule has 2 amide bonds. The maximum atomic E-state index is 12.9. The normalized spacial score (nSPS) is 21.2. The number of aliphatic hydroxyl groups is 1. The number of aliphatic hydroxyl groups excluding tert-OH is 1. The zero-order valence-corrected chi connectivity index (χ0v) is 15.3. The molecular weight excluding hydrogens is 336 g/mol. The summed E-state index contributed by atoms with van der Waals surface area (Å²) in [6.07, 6.45) is 4.47. The van der Waals surface area contributed by atoms with Crippen molar-refractivity contribution < 1.29 is 19.4 Å². The van der Waals surface area contributed by atoms with Gasteiger partial charge in [-0.25, -0.2) is 4.98 Å². The van der Waals surface area contributed by atoms with Crippen LogP contribution in [-0.4, -0.2) is 75.6 Å². The Bertz CT molecular complexity index is 618. The number of hydrogen-bond acceptors (Lipinski definition) is 5. The number of aromatic amines is 1. The molecule has 0 radical (unpaired) electrons. The molecule has 1 aromatic heterocycles. The van der Waals surface area contributed by atoms with Crippen molar-refractivity contribution in [2.45, 2.75) is 45.3 Å². The number of nitrogens with one attached hydrogen (secondary N) is 1. The molecular formula is C18H28N4O4. The van der Waals surface area contributed by atoms with Gasteiger partial charge < -0.3 is 24.6 Å². The molecule has 1 atom stereocenters. The highest BCUT2D eigenvalue weighted by atomic mass is 16.5. The highest BCUT2D eigenvalue weighted by Crippen LogP contribution is 2.23. The van der Waals surface area contributed by atoms with Crippen molar-refractivity contribution in [3.8, 4) is 0 Å². The maximum Gasteiger partial charge on any atom is 0.251 e. The monoisotopic (exact) mass is 364 g/mol. The second-order valence-corrected chi connectivity index (χ2v) is 7.08. The van der Waals surface area contributed by atoms with Crippen LogP contribution in [0.2, 0.25) is 0 Å². The molecule has 0 aromatic carbocycles. The average Bonchev–Trinajstić information content (AvgIpc) is 3.32. The molecule has 2 N–H and O–H groups in total. The summed E-state index contributed by atoms with van der Waals surface area (Å²) in [6, 6.07) is 0. The minimum absolute atomic E-state index is 0.0375. The first-order valence-corrected chi connectivity index (χ1v) is 9.39. The van der Waals surface area contributed by atoms with Crippen molar-refractivity contribution >= 4 is 11.8 Å². The van der Waals surface area contributed by atoms with Gasteiger partial charge in [0, 0.05) is 32.2 Å². The van der Waals surface area contributed by atoms with E-state index in [1.165, 1.54) is 0 Å². The molecule has 1 aromatic rings. The molecule has 26 heavy (non-hydrogen) atoms. The number of carbonyl (C=O) groups is 2. The lowest BCUT2D eigenvalue weighted by atomic mass is 9.94. The van der Waals surface area contributed by atoms with Crippen molar-refractivity contribution in [2.24, 2.45) is 5.92 Å². The van der Waals surface area contributed by atoms with Gasteiger partial charge in [-0.05, 0) is 32.6 Å². The smallest absolute Gasteiger partial charge is 0.251 e. The predicted octanol–water partition coefficient (Wildman–Crippen LogP) is 0.457. The van der Waals surface area contributed by atoms with Crippen LogP contribution >= 0.6 is 0 Å². The van der Waals surface area contributed by atoms with Gasteiger partial charge in [0.1, 0.15) is 11.9 Å². The van der Waals surface area contributed by atoms with Crippen LogP contribution < -0.4 is 0 Å². The van der Waals surface area contributed by atoms with E-state index in [4.69, 9.17) is 4.74 Å². The first-order valence-electron chi connectivity index (χ1n) is 9.39. The number of amides is 2. The fourth-order valence-corrected chi connectivity index (χ4v) is 3.73. The van der Waals surface area contributed by atoms with Gasteiger partial charge >= 0.3 is 0 Å². The number of hydrogen-bond donors (Lipinski definition) is 2. The molecule has 1 unspecified atom stereocenters. The Labute approximate surface area is 153 Å². The van der Waals surface area contributed by atoms with Gasteiger partial charge in [0.25, 0.3) is 5.91 Å². The first-order chi connectivity index (χ1) is 12.6. The Morgan fingerprint density at radius 2 is 2.15 bits per heavy atom. The molecule has 2 aliphatic heterocycles. The largest absolute Gasteiger partial charge is 0.395 e. The molecule has 2 saturated heterocycles. The number of ether oxygens (including phenoxy) is 1. The number of H-pyrrole nitrogens is 1. The number of imidazole rings is 1. The second kappa shape index (κ2) is 8.64. The van der Waals surface area contributed by atoms with Gasteiger partial charge in [-0.3, -0.25) is 9.59 Å². The topological polar surface area (TPSA) is 98.8 Å². The quantitative estimate of drug-likeness (QED) is 0.764. The van der Waals surface area contributed by atoms with Crippen LogP contribution in [0.1, 0.15) is 37.2 Å². The summed E-state index contributed by atoms with van der Waals surface area (Å²) >= 11 is 0. The van der Waals surface area contributed by atoms with Crippen LogP contribution in [0.15, 0.2) is 6.20 Å². The lowest BCUT2D eigenvalue weighted by Crippen LogP contribution is -2.47. The Morgan fingerprint density at radius 1 is 1.38 bits per heavy atom. The number of rotatable bonds is 6. The zero-order valence-electron chi connectivity index (χ0n) is 15.3. The molecule has 0 aliphatic carbocycles. The van der Waals surface area contributed by atoms with Crippen LogP contribution in [-0.2, 0) is 20.9 Å². The van der Waals surface area contributed by atoms with E-state index in [0.717, 1.165) is 24.4 Å². The number of nitrogens with zero attached hydrogens (tertiary/aromatic N) is 3. The molecule has 0 bridgehead atoms. The van der Waals surface area contributed by atoms with Crippen molar-refractivity contribution in [3.05, 3.63) is 17.7 Å². The maximum absolute atomic E-state index is 12.9. The molecule has 8 nitrogen and oxygen atoms in total. The van der Waals surface area contributed by atoms with E-state index in [1.807, 2.05) is 11.8 Å². The molecule has 0 saturated carbocycles. The number of carbonyl (C=O) groups excluding carboxylic acids is 2. The van der Waals surface area contributed by atoms with Crippen molar-refractivity contribution in [1.82, 2.24) is 19.8 Å². The van der Waals surface area contributed by atoms with Gasteiger partial charge in [0.15, 0.2) is 0 Å². The Kier molecular flexibility index (Phi) is 6.26. The molecule has 3 heterocycles. The highest BCUT2D eigenvalue weighted by molar-refractivity contribution is 5.82. The lowest BCUT2D eigenvalue weighted by Gasteiger charge is -2.35. The van der Waals surface area contributed by atoms with Crippen LogP contribution in [0.5, 0.6) is 0 Å². The van der Waals surface area contributed by atoms with Crippen LogP contribution in [0, 0.1) is 12.8 Å². The summed E-state index contributed by atoms with van der Waals surface area (Å²) in [5, 5.41) is 9.32. The summed E-state index contributed by atoms with van der Waals surface area (Å²) in [7, 11) is 0. The summed E-state index contributed by atoms with van der Waals surface area (Å²) in [6.45, 7) is 4.34. The van der Waals surface area contributed by atoms with Crippen LogP contribution in [0.3, 0.4) is 0 Å². The summed E-state index contributed by atoms with van der Waals surface area (Å²) in [5.41, 5.74) is 0.857. The molecule has 8 heteroatoms. The SMILES string of the molecule is Cc1ncc(CN(CCO)C(=O)C2CCN(C(=O)C3CCCO3)CC2)[nH]1. The van der Waals surface area contributed by atoms with E-state index >= 15 is 0 Å².